The standard InChI is InChI=1S/C21H19ClN6O3/c22-17-4-2-1-3-15(17)11-28-20(30)18(26-21(28)31)9-19(29)25-16-7-5-14(6-8-16)10-27-13-23-12-24-27/h1-8,12-13,18H,9-11H2,(H,25,29)(H,26,31)/t18-/m0/s1. The van der Waals surface area contributed by atoms with E-state index in [4.69, 9.17) is 11.6 Å². The molecular formula is C21H19ClN6O3. The fourth-order valence-electron chi connectivity index (χ4n) is 3.25. The van der Waals surface area contributed by atoms with Crippen molar-refractivity contribution >= 4 is 35.1 Å². The van der Waals surface area contributed by atoms with Crippen LogP contribution in [0.4, 0.5) is 10.5 Å². The van der Waals surface area contributed by atoms with E-state index in [1.54, 1.807) is 47.4 Å². The molecule has 0 saturated carbocycles. The number of aromatic nitrogens is 3. The third kappa shape index (κ3) is 4.89. The molecule has 1 aromatic heterocycles. The van der Waals surface area contributed by atoms with E-state index in [-0.39, 0.29) is 18.9 Å². The summed E-state index contributed by atoms with van der Waals surface area (Å²) in [6.45, 7) is 0.619. The highest BCUT2D eigenvalue weighted by Crippen LogP contribution is 2.20. The Morgan fingerprint density at radius 2 is 1.87 bits per heavy atom. The number of imide groups is 1. The molecule has 158 valence electrons. The van der Waals surface area contributed by atoms with Gasteiger partial charge in [0.2, 0.25) is 5.91 Å². The maximum absolute atomic E-state index is 12.6. The molecule has 1 aliphatic rings. The molecule has 1 atom stereocenters. The molecule has 9 nitrogen and oxygen atoms in total. The fraction of sp³-hybridized carbons (Fsp3) is 0.190. The number of halogens is 1. The number of urea groups is 1. The summed E-state index contributed by atoms with van der Waals surface area (Å²) in [6.07, 6.45) is 2.93. The van der Waals surface area contributed by atoms with Crippen molar-refractivity contribution in [2.45, 2.75) is 25.6 Å². The minimum absolute atomic E-state index is 0.0513. The number of benzene rings is 2. The Morgan fingerprint density at radius 3 is 2.58 bits per heavy atom. The van der Waals surface area contributed by atoms with Crippen LogP contribution in [0.15, 0.2) is 61.2 Å². The Morgan fingerprint density at radius 1 is 1.10 bits per heavy atom. The van der Waals surface area contributed by atoms with Crippen LogP contribution in [0.1, 0.15) is 17.5 Å². The normalized spacial score (nSPS) is 15.8. The Kier molecular flexibility index (Phi) is 5.94. The number of hydrogen-bond acceptors (Lipinski definition) is 5. The van der Waals surface area contributed by atoms with E-state index in [0.717, 1.165) is 10.5 Å². The lowest BCUT2D eigenvalue weighted by Crippen LogP contribution is -2.34. The summed E-state index contributed by atoms with van der Waals surface area (Å²) < 4.78 is 1.69. The molecule has 0 unspecified atom stereocenters. The zero-order valence-electron chi connectivity index (χ0n) is 16.4. The van der Waals surface area contributed by atoms with Crippen molar-refractivity contribution < 1.29 is 14.4 Å². The molecule has 2 aromatic carbocycles. The monoisotopic (exact) mass is 438 g/mol. The van der Waals surface area contributed by atoms with Crippen LogP contribution in [-0.4, -0.2) is 43.6 Å². The maximum Gasteiger partial charge on any atom is 0.325 e. The minimum atomic E-state index is -0.915. The Balaban J connectivity index is 1.32. The smallest absolute Gasteiger partial charge is 0.325 e. The summed E-state index contributed by atoms with van der Waals surface area (Å²) in [4.78, 5) is 42.2. The molecule has 4 amide bonds. The summed E-state index contributed by atoms with van der Waals surface area (Å²) in [5.41, 5.74) is 2.25. The van der Waals surface area contributed by atoms with E-state index >= 15 is 0 Å². The number of carbonyl (C=O) groups excluding carboxylic acids is 3. The maximum atomic E-state index is 12.6. The van der Waals surface area contributed by atoms with Crippen molar-refractivity contribution in [1.29, 1.82) is 0 Å². The molecule has 2 heterocycles. The molecule has 4 rings (SSSR count). The first kappa shape index (κ1) is 20.5. The molecule has 0 spiro atoms. The van der Waals surface area contributed by atoms with Crippen molar-refractivity contribution in [1.82, 2.24) is 25.0 Å². The predicted molar refractivity (Wildman–Crippen MR) is 113 cm³/mol. The first-order chi connectivity index (χ1) is 15.0. The van der Waals surface area contributed by atoms with E-state index in [0.29, 0.717) is 22.8 Å². The quantitative estimate of drug-likeness (QED) is 0.550. The van der Waals surface area contributed by atoms with Gasteiger partial charge in [-0.2, -0.15) is 5.10 Å². The molecule has 1 aliphatic heterocycles. The van der Waals surface area contributed by atoms with Crippen LogP contribution >= 0.6 is 11.6 Å². The van der Waals surface area contributed by atoms with Gasteiger partial charge in [-0.3, -0.25) is 14.5 Å². The number of hydrogen-bond donors (Lipinski definition) is 2. The van der Waals surface area contributed by atoms with Crippen molar-refractivity contribution in [2.75, 3.05) is 5.32 Å². The van der Waals surface area contributed by atoms with Gasteiger partial charge in [-0.05, 0) is 29.3 Å². The van der Waals surface area contributed by atoms with Gasteiger partial charge in [0.25, 0.3) is 5.91 Å². The van der Waals surface area contributed by atoms with E-state index in [1.807, 2.05) is 12.1 Å². The summed E-state index contributed by atoms with van der Waals surface area (Å²) in [6, 6.07) is 12.8. The number of nitrogens with one attached hydrogen (secondary N) is 2. The third-order valence-corrected chi connectivity index (χ3v) is 5.20. The van der Waals surface area contributed by atoms with Gasteiger partial charge in [0, 0.05) is 10.7 Å². The fourth-order valence-corrected chi connectivity index (χ4v) is 3.45. The van der Waals surface area contributed by atoms with Gasteiger partial charge in [0.15, 0.2) is 0 Å². The first-order valence-electron chi connectivity index (χ1n) is 9.56. The molecule has 0 bridgehead atoms. The second-order valence-corrected chi connectivity index (χ2v) is 7.47. The molecule has 0 aliphatic carbocycles. The Bertz CT molecular complexity index is 1100. The van der Waals surface area contributed by atoms with E-state index in [1.165, 1.54) is 6.33 Å². The summed E-state index contributed by atoms with van der Waals surface area (Å²) in [7, 11) is 0. The lowest BCUT2D eigenvalue weighted by Gasteiger charge is -2.14. The van der Waals surface area contributed by atoms with Crippen LogP contribution in [0, 0.1) is 0 Å². The van der Waals surface area contributed by atoms with Gasteiger partial charge in [-0.1, -0.05) is 41.9 Å². The van der Waals surface area contributed by atoms with Crippen molar-refractivity contribution in [3.05, 3.63) is 77.3 Å². The lowest BCUT2D eigenvalue weighted by molar-refractivity contribution is -0.130. The van der Waals surface area contributed by atoms with Crippen LogP contribution in [0.3, 0.4) is 0 Å². The van der Waals surface area contributed by atoms with Crippen LogP contribution in [-0.2, 0) is 22.7 Å². The molecule has 0 radical (unpaired) electrons. The average Bonchev–Trinajstić information content (AvgIpc) is 3.35. The minimum Gasteiger partial charge on any atom is -0.326 e. The topological polar surface area (TPSA) is 109 Å². The zero-order valence-corrected chi connectivity index (χ0v) is 17.1. The van der Waals surface area contributed by atoms with Gasteiger partial charge in [0.1, 0.15) is 18.7 Å². The highest BCUT2D eigenvalue weighted by atomic mass is 35.5. The van der Waals surface area contributed by atoms with E-state index in [9.17, 15) is 14.4 Å². The first-order valence-corrected chi connectivity index (χ1v) is 9.94. The molecule has 3 aromatic rings. The number of nitrogens with zero attached hydrogens (tertiary/aromatic N) is 4. The molecule has 10 heteroatoms. The highest BCUT2D eigenvalue weighted by molar-refractivity contribution is 6.31. The van der Waals surface area contributed by atoms with Crippen LogP contribution < -0.4 is 10.6 Å². The molecular weight excluding hydrogens is 420 g/mol. The SMILES string of the molecule is O=C(C[C@@H]1NC(=O)N(Cc2ccccc2Cl)C1=O)Nc1ccc(Cn2cncn2)cc1. The molecule has 1 saturated heterocycles. The second kappa shape index (κ2) is 8.97. The van der Waals surface area contributed by atoms with Crippen LogP contribution in [0.25, 0.3) is 0 Å². The third-order valence-electron chi connectivity index (χ3n) is 4.83. The zero-order chi connectivity index (χ0) is 21.8. The van der Waals surface area contributed by atoms with Crippen molar-refractivity contribution in [3.8, 4) is 0 Å². The summed E-state index contributed by atoms with van der Waals surface area (Å²) in [5.74, 6) is -0.828. The van der Waals surface area contributed by atoms with Gasteiger partial charge >= 0.3 is 6.03 Å². The van der Waals surface area contributed by atoms with Crippen LogP contribution in [0.5, 0.6) is 0 Å². The van der Waals surface area contributed by atoms with Gasteiger partial charge in [-0.15, -0.1) is 0 Å². The lowest BCUT2D eigenvalue weighted by atomic mass is 10.1. The Hall–Kier alpha value is -3.72. The van der Waals surface area contributed by atoms with E-state index < -0.39 is 18.0 Å². The summed E-state index contributed by atoms with van der Waals surface area (Å²) >= 11 is 6.12. The summed E-state index contributed by atoms with van der Waals surface area (Å²) in [5, 5.41) is 9.83. The molecule has 2 N–H and O–H groups in total. The van der Waals surface area contributed by atoms with Gasteiger partial charge < -0.3 is 10.6 Å². The Labute approximate surface area is 183 Å². The van der Waals surface area contributed by atoms with Crippen molar-refractivity contribution in [2.24, 2.45) is 0 Å². The number of anilines is 1. The van der Waals surface area contributed by atoms with Gasteiger partial charge in [0.05, 0.1) is 19.5 Å². The predicted octanol–water partition coefficient (Wildman–Crippen LogP) is 2.43. The van der Waals surface area contributed by atoms with E-state index in [2.05, 4.69) is 20.7 Å². The highest BCUT2D eigenvalue weighted by Gasteiger charge is 2.39. The molecule has 31 heavy (non-hydrogen) atoms. The number of rotatable bonds is 7. The number of carbonyl (C=O) groups is 3. The van der Waals surface area contributed by atoms with Crippen molar-refractivity contribution in [3.63, 3.8) is 0 Å². The second-order valence-electron chi connectivity index (χ2n) is 7.06. The average molecular weight is 439 g/mol. The molecule has 1 fully saturated rings. The van der Waals surface area contributed by atoms with Gasteiger partial charge in [-0.25, -0.2) is 14.5 Å². The largest absolute Gasteiger partial charge is 0.326 e. The van der Waals surface area contributed by atoms with Crippen LogP contribution in [0.2, 0.25) is 5.02 Å². The number of amides is 4.